The van der Waals surface area contributed by atoms with Crippen LogP contribution < -0.4 is 10.6 Å². The summed E-state index contributed by atoms with van der Waals surface area (Å²) < 4.78 is 0. The molecule has 2 aromatic heterocycles. The molecule has 28 heavy (non-hydrogen) atoms. The monoisotopic (exact) mass is 374 g/mol. The molecule has 1 unspecified atom stereocenters. The Bertz CT molecular complexity index is 998. The molecule has 142 valence electrons. The van der Waals surface area contributed by atoms with Crippen molar-refractivity contribution in [1.82, 2.24) is 25.1 Å². The van der Waals surface area contributed by atoms with Crippen molar-refractivity contribution in [2.75, 3.05) is 10.6 Å². The molecule has 1 aliphatic rings. The summed E-state index contributed by atoms with van der Waals surface area (Å²) >= 11 is 0. The van der Waals surface area contributed by atoms with Crippen molar-refractivity contribution < 1.29 is 0 Å². The first-order chi connectivity index (χ1) is 13.6. The molecule has 0 saturated heterocycles. The zero-order valence-corrected chi connectivity index (χ0v) is 15.9. The summed E-state index contributed by atoms with van der Waals surface area (Å²) in [5, 5.41) is 22.8. The highest BCUT2D eigenvalue weighted by Gasteiger charge is 2.25. The van der Waals surface area contributed by atoms with Crippen LogP contribution >= 0.6 is 0 Å². The zero-order valence-electron chi connectivity index (χ0n) is 15.9. The number of nitrogens with one attached hydrogen (secondary N) is 3. The molecule has 1 atom stereocenters. The standard InChI is InChI=1S/C20H22N8/c1-3-17-23-19(22-12(2)14-6-4-13(11-21)5-7-14)26-20(24-17)25-18-10-16(27-28-18)15-8-9-15/h4-7,10,12,15H,3,8-9H2,1-2H3,(H3,22,23,24,25,26,27,28). The lowest BCUT2D eigenvalue weighted by molar-refractivity contribution is 0.833. The second-order valence-corrected chi connectivity index (χ2v) is 6.96. The number of hydrogen-bond acceptors (Lipinski definition) is 7. The van der Waals surface area contributed by atoms with Crippen LogP contribution in [0.4, 0.5) is 17.7 Å². The van der Waals surface area contributed by atoms with Crippen LogP contribution in [0.3, 0.4) is 0 Å². The highest BCUT2D eigenvalue weighted by molar-refractivity contribution is 5.50. The van der Waals surface area contributed by atoms with Gasteiger partial charge in [-0.3, -0.25) is 5.10 Å². The summed E-state index contributed by atoms with van der Waals surface area (Å²) in [6.45, 7) is 4.03. The van der Waals surface area contributed by atoms with E-state index < -0.39 is 0 Å². The number of anilines is 3. The number of aryl methyl sites for hydroxylation is 1. The fourth-order valence-corrected chi connectivity index (χ4v) is 2.94. The Kier molecular flexibility index (Phi) is 4.89. The SMILES string of the molecule is CCc1nc(Nc2cc(C3CC3)[nH]n2)nc(NC(C)c2ccc(C#N)cc2)n1. The Hall–Kier alpha value is -3.47. The topological polar surface area (TPSA) is 115 Å². The van der Waals surface area contributed by atoms with Gasteiger partial charge in [0.1, 0.15) is 5.82 Å². The minimum atomic E-state index is -0.0143. The van der Waals surface area contributed by atoms with E-state index in [9.17, 15) is 0 Å². The number of aromatic amines is 1. The van der Waals surface area contributed by atoms with Crippen molar-refractivity contribution in [3.05, 3.63) is 53.0 Å². The van der Waals surface area contributed by atoms with Crippen LogP contribution in [-0.4, -0.2) is 25.1 Å². The highest BCUT2D eigenvalue weighted by atomic mass is 15.3. The molecule has 1 aliphatic carbocycles. The van der Waals surface area contributed by atoms with Gasteiger partial charge in [-0.2, -0.15) is 25.3 Å². The Labute approximate surface area is 163 Å². The first-order valence-corrected chi connectivity index (χ1v) is 9.48. The second kappa shape index (κ2) is 7.64. The van der Waals surface area contributed by atoms with E-state index in [-0.39, 0.29) is 6.04 Å². The van der Waals surface area contributed by atoms with Gasteiger partial charge in [0.25, 0.3) is 0 Å². The third kappa shape index (κ3) is 4.09. The van der Waals surface area contributed by atoms with E-state index in [1.165, 1.54) is 12.8 Å². The first-order valence-electron chi connectivity index (χ1n) is 9.48. The van der Waals surface area contributed by atoms with Crippen molar-refractivity contribution >= 4 is 17.7 Å². The largest absolute Gasteiger partial charge is 0.348 e. The fraction of sp³-hybridized carbons (Fsp3) is 0.350. The molecule has 4 rings (SSSR count). The highest BCUT2D eigenvalue weighted by Crippen LogP contribution is 2.39. The van der Waals surface area contributed by atoms with Crippen LogP contribution in [0.25, 0.3) is 0 Å². The van der Waals surface area contributed by atoms with E-state index in [2.05, 4.69) is 41.9 Å². The number of hydrogen-bond donors (Lipinski definition) is 3. The molecule has 1 fully saturated rings. The first kappa shape index (κ1) is 17.9. The quantitative estimate of drug-likeness (QED) is 0.576. The predicted molar refractivity (Wildman–Crippen MR) is 106 cm³/mol. The number of nitrogens with zero attached hydrogens (tertiary/aromatic N) is 5. The maximum absolute atomic E-state index is 8.94. The predicted octanol–water partition coefficient (Wildman–Crippen LogP) is 3.82. The number of nitriles is 1. The molecule has 3 N–H and O–H groups in total. The van der Waals surface area contributed by atoms with Gasteiger partial charge in [0.05, 0.1) is 17.7 Å². The fourth-order valence-electron chi connectivity index (χ4n) is 2.94. The van der Waals surface area contributed by atoms with Crippen LogP contribution in [0, 0.1) is 11.3 Å². The molecule has 0 bridgehead atoms. The molecule has 2 heterocycles. The Balaban J connectivity index is 1.51. The second-order valence-electron chi connectivity index (χ2n) is 6.96. The van der Waals surface area contributed by atoms with Crippen molar-refractivity contribution in [3.63, 3.8) is 0 Å². The van der Waals surface area contributed by atoms with Gasteiger partial charge in [-0.15, -0.1) is 0 Å². The van der Waals surface area contributed by atoms with Crippen molar-refractivity contribution in [1.29, 1.82) is 5.26 Å². The van der Waals surface area contributed by atoms with Crippen LogP contribution in [0.1, 0.15) is 61.3 Å². The number of aromatic nitrogens is 5. The molecule has 1 saturated carbocycles. The molecule has 0 aliphatic heterocycles. The summed E-state index contributed by atoms with van der Waals surface area (Å²) in [6, 6.07) is 11.6. The smallest absolute Gasteiger partial charge is 0.233 e. The molecular weight excluding hydrogens is 352 g/mol. The maximum Gasteiger partial charge on any atom is 0.233 e. The minimum absolute atomic E-state index is 0.0143. The van der Waals surface area contributed by atoms with Crippen LogP contribution in [0.2, 0.25) is 0 Å². The van der Waals surface area contributed by atoms with Gasteiger partial charge in [-0.05, 0) is 37.5 Å². The molecule has 0 spiro atoms. The van der Waals surface area contributed by atoms with E-state index >= 15 is 0 Å². The van der Waals surface area contributed by atoms with Crippen molar-refractivity contribution in [2.24, 2.45) is 0 Å². The lowest BCUT2D eigenvalue weighted by atomic mass is 10.1. The third-order valence-corrected chi connectivity index (χ3v) is 4.74. The molecule has 3 aromatic rings. The molecular formula is C20H22N8. The Morgan fingerprint density at radius 1 is 1.18 bits per heavy atom. The van der Waals surface area contributed by atoms with Crippen LogP contribution in [0.15, 0.2) is 30.3 Å². The normalized spacial score (nSPS) is 14.3. The van der Waals surface area contributed by atoms with Gasteiger partial charge in [0.15, 0.2) is 5.82 Å². The summed E-state index contributed by atoms with van der Waals surface area (Å²) in [7, 11) is 0. The molecule has 8 nitrogen and oxygen atoms in total. The van der Waals surface area contributed by atoms with E-state index in [0.29, 0.717) is 41.4 Å². The molecule has 8 heteroatoms. The Morgan fingerprint density at radius 3 is 2.61 bits per heavy atom. The van der Waals surface area contributed by atoms with Gasteiger partial charge in [-0.25, -0.2) is 0 Å². The van der Waals surface area contributed by atoms with Gasteiger partial charge in [-0.1, -0.05) is 19.1 Å². The lowest BCUT2D eigenvalue weighted by Crippen LogP contribution is -2.13. The van der Waals surface area contributed by atoms with Crippen molar-refractivity contribution in [2.45, 2.75) is 45.1 Å². The number of rotatable bonds is 7. The molecule has 0 amide bonds. The van der Waals surface area contributed by atoms with Gasteiger partial charge in [0, 0.05) is 24.1 Å². The van der Waals surface area contributed by atoms with Crippen LogP contribution in [-0.2, 0) is 6.42 Å². The van der Waals surface area contributed by atoms with E-state index in [4.69, 9.17) is 5.26 Å². The van der Waals surface area contributed by atoms with Gasteiger partial charge < -0.3 is 10.6 Å². The van der Waals surface area contributed by atoms with Gasteiger partial charge in [0.2, 0.25) is 11.9 Å². The third-order valence-electron chi connectivity index (χ3n) is 4.74. The number of H-pyrrole nitrogens is 1. The summed E-state index contributed by atoms with van der Waals surface area (Å²) in [4.78, 5) is 13.4. The summed E-state index contributed by atoms with van der Waals surface area (Å²) in [6.07, 6.45) is 3.13. The molecule has 1 aromatic carbocycles. The van der Waals surface area contributed by atoms with Crippen molar-refractivity contribution in [3.8, 4) is 6.07 Å². The zero-order chi connectivity index (χ0) is 19.5. The lowest BCUT2D eigenvalue weighted by Gasteiger charge is -2.15. The van der Waals surface area contributed by atoms with Crippen LogP contribution in [0.5, 0.6) is 0 Å². The van der Waals surface area contributed by atoms with E-state index in [0.717, 1.165) is 11.3 Å². The molecule has 0 radical (unpaired) electrons. The average molecular weight is 374 g/mol. The van der Waals surface area contributed by atoms with E-state index in [1.54, 1.807) is 12.1 Å². The maximum atomic E-state index is 8.94. The Morgan fingerprint density at radius 2 is 1.93 bits per heavy atom. The number of benzene rings is 1. The minimum Gasteiger partial charge on any atom is -0.348 e. The summed E-state index contributed by atoms with van der Waals surface area (Å²) in [5.74, 6) is 2.99. The average Bonchev–Trinajstić information content (AvgIpc) is 3.47. The summed E-state index contributed by atoms with van der Waals surface area (Å²) in [5.41, 5.74) is 2.84. The van der Waals surface area contributed by atoms with E-state index in [1.807, 2.05) is 32.0 Å². The van der Waals surface area contributed by atoms with Gasteiger partial charge >= 0.3 is 0 Å².